The summed E-state index contributed by atoms with van der Waals surface area (Å²) < 4.78 is 4.40. The number of carboxylic acids is 1. The van der Waals surface area contributed by atoms with E-state index in [2.05, 4.69) is 4.74 Å². The van der Waals surface area contributed by atoms with Crippen LogP contribution in [0.4, 0.5) is 0 Å². The van der Waals surface area contributed by atoms with Gasteiger partial charge in [-0.15, -0.1) is 0 Å². The van der Waals surface area contributed by atoms with Gasteiger partial charge in [0.2, 0.25) is 0 Å². The Kier molecular flexibility index (Phi) is 4.70. The fourth-order valence-corrected chi connectivity index (χ4v) is 0.590. The Bertz CT molecular complexity index is 234. The van der Waals surface area contributed by atoms with Crippen molar-refractivity contribution in [2.45, 2.75) is 6.92 Å². The number of halogens is 2. The highest BCUT2D eigenvalue weighted by atomic mass is 35.5. The smallest absolute Gasteiger partial charge is 0.351 e. The average Bonchev–Trinajstić information content (AvgIpc) is 2.02. The summed E-state index contributed by atoms with van der Waals surface area (Å²) >= 11 is 10.4. The molecule has 4 nitrogen and oxygen atoms in total. The summed E-state index contributed by atoms with van der Waals surface area (Å²) in [6, 6.07) is 0. The van der Waals surface area contributed by atoms with Gasteiger partial charge >= 0.3 is 11.9 Å². The van der Waals surface area contributed by atoms with Crippen LogP contribution in [0.5, 0.6) is 0 Å². The molecule has 0 spiro atoms. The first kappa shape index (κ1) is 11.3. The molecule has 0 aromatic carbocycles. The van der Waals surface area contributed by atoms with Crippen molar-refractivity contribution in [1.82, 2.24) is 0 Å². The highest BCUT2D eigenvalue weighted by Gasteiger charge is 2.17. The molecule has 0 rings (SSSR count). The van der Waals surface area contributed by atoms with Gasteiger partial charge in [0.15, 0.2) is 10.1 Å². The van der Waals surface area contributed by atoms with E-state index < -0.39 is 22.0 Å². The van der Waals surface area contributed by atoms with Crippen LogP contribution in [0.1, 0.15) is 6.92 Å². The third-order valence-electron chi connectivity index (χ3n) is 0.835. The van der Waals surface area contributed by atoms with Crippen molar-refractivity contribution in [3.63, 3.8) is 0 Å². The highest BCUT2D eigenvalue weighted by Crippen LogP contribution is 2.15. The lowest BCUT2D eigenvalue weighted by atomic mass is 10.5. The van der Waals surface area contributed by atoms with Gasteiger partial charge in [-0.1, -0.05) is 23.2 Å². The predicted octanol–water partition coefficient (Wildman–Crippen LogP) is 1.32. The minimum absolute atomic E-state index is 0.110. The summed E-state index contributed by atoms with van der Waals surface area (Å²) in [6.07, 6.45) is 0. The Morgan fingerprint density at radius 1 is 1.33 bits per heavy atom. The molecule has 0 bridgehead atoms. The van der Waals surface area contributed by atoms with E-state index in [0.29, 0.717) is 0 Å². The van der Waals surface area contributed by atoms with Crippen molar-refractivity contribution < 1.29 is 19.4 Å². The molecular weight excluding hydrogens is 207 g/mol. The van der Waals surface area contributed by atoms with Crippen molar-refractivity contribution in [2.24, 2.45) is 0 Å². The Morgan fingerprint density at radius 3 is 2.17 bits per heavy atom. The van der Waals surface area contributed by atoms with E-state index in [0.717, 1.165) is 0 Å². The van der Waals surface area contributed by atoms with Gasteiger partial charge in [-0.3, -0.25) is 0 Å². The number of hydrogen-bond acceptors (Lipinski definition) is 3. The molecule has 0 heterocycles. The van der Waals surface area contributed by atoms with E-state index in [4.69, 9.17) is 28.3 Å². The lowest BCUT2D eigenvalue weighted by molar-refractivity contribution is -0.138. The number of esters is 1. The molecule has 6 heteroatoms. The average molecular weight is 213 g/mol. The number of carbonyl (C=O) groups excluding carboxylic acids is 1. The fraction of sp³-hybridized carbons (Fsp3) is 0.333. The summed E-state index contributed by atoms with van der Waals surface area (Å²) in [4.78, 5) is 20.9. The first-order valence-electron chi connectivity index (χ1n) is 2.96. The minimum atomic E-state index is -1.46. The van der Waals surface area contributed by atoms with E-state index >= 15 is 0 Å². The maximum Gasteiger partial charge on any atom is 0.351 e. The molecule has 0 amide bonds. The zero-order valence-electron chi connectivity index (χ0n) is 6.13. The van der Waals surface area contributed by atoms with Crippen LogP contribution in [0.15, 0.2) is 10.1 Å². The monoisotopic (exact) mass is 212 g/mol. The second-order valence-corrected chi connectivity index (χ2v) is 2.41. The number of carbonyl (C=O) groups is 2. The van der Waals surface area contributed by atoms with Gasteiger partial charge in [-0.25, -0.2) is 9.59 Å². The van der Waals surface area contributed by atoms with Gasteiger partial charge < -0.3 is 9.84 Å². The third kappa shape index (κ3) is 3.11. The van der Waals surface area contributed by atoms with E-state index in [9.17, 15) is 9.59 Å². The van der Waals surface area contributed by atoms with Crippen molar-refractivity contribution in [2.75, 3.05) is 6.61 Å². The molecule has 0 aliphatic rings. The summed E-state index contributed by atoms with van der Waals surface area (Å²) in [7, 11) is 0. The van der Waals surface area contributed by atoms with Crippen LogP contribution in [0.2, 0.25) is 0 Å². The lowest BCUT2D eigenvalue weighted by Crippen LogP contribution is -2.08. The van der Waals surface area contributed by atoms with Gasteiger partial charge in [0.25, 0.3) is 0 Å². The van der Waals surface area contributed by atoms with Crippen molar-refractivity contribution in [3.8, 4) is 0 Å². The SMILES string of the molecule is CCOC(=O)/C(Cl)=C(/Cl)C(=O)O. The molecule has 0 unspecified atom stereocenters. The number of ether oxygens (including phenoxy) is 1. The van der Waals surface area contributed by atoms with Gasteiger partial charge in [0.05, 0.1) is 6.61 Å². The van der Waals surface area contributed by atoms with Crippen molar-refractivity contribution in [3.05, 3.63) is 10.1 Å². The summed E-state index contributed by atoms with van der Waals surface area (Å²) in [5.41, 5.74) is 0. The molecule has 0 aliphatic heterocycles. The molecular formula is C6H6Cl2O4. The maximum atomic E-state index is 10.7. The summed E-state index contributed by atoms with van der Waals surface area (Å²) in [6.45, 7) is 1.68. The molecule has 0 saturated carbocycles. The Labute approximate surface area is 78.7 Å². The zero-order valence-corrected chi connectivity index (χ0v) is 7.65. The van der Waals surface area contributed by atoms with Crippen LogP contribution in [0, 0.1) is 0 Å². The molecule has 0 aromatic heterocycles. The highest BCUT2D eigenvalue weighted by molar-refractivity contribution is 6.52. The normalized spacial score (nSPS) is 11.9. The third-order valence-corrected chi connectivity index (χ3v) is 1.63. The molecule has 0 saturated heterocycles. The first-order valence-corrected chi connectivity index (χ1v) is 3.72. The van der Waals surface area contributed by atoms with E-state index in [1.165, 1.54) is 0 Å². The van der Waals surface area contributed by atoms with Crippen molar-refractivity contribution >= 4 is 35.1 Å². The van der Waals surface area contributed by atoms with E-state index in [1.54, 1.807) is 6.92 Å². The predicted molar refractivity (Wildman–Crippen MR) is 43.0 cm³/mol. The van der Waals surface area contributed by atoms with Crippen LogP contribution in [0.25, 0.3) is 0 Å². The van der Waals surface area contributed by atoms with Crippen LogP contribution >= 0.6 is 23.2 Å². The second-order valence-electron chi connectivity index (χ2n) is 1.65. The van der Waals surface area contributed by atoms with Crippen LogP contribution < -0.4 is 0 Å². The summed E-state index contributed by atoms with van der Waals surface area (Å²) in [5, 5.41) is 6.93. The first-order chi connectivity index (χ1) is 5.50. The maximum absolute atomic E-state index is 10.7. The standard InChI is InChI=1S/C6H6Cl2O4/c1-2-12-6(11)4(8)3(7)5(9)10/h2H2,1H3,(H,9,10)/b4-3-. The van der Waals surface area contributed by atoms with Crippen LogP contribution in [-0.4, -0.2) is 23.7 Å². The molecule has 0 aliphatic carbocycles. The van der Waals surface area contributed by atoms with Crippen LogP contribution in [-0.2, 0) is 14.3 Å². The molecule has 12 heavy (non-hydrogen) atoms. The minimum Gasteiger partial charge on any atom is -0.477 e. The molecule has 1 N–H and O–H groups in total. The summed E-state index contributed by atoms with van der Waals surface area (Å²) in [5.74, 6) is -2.40. The molecule has 0 radical (unpaired) electrons. The lowest BCUT2D eigenvalue weighted by Gasteiger charge is -1.99. The molecule has 0 aromatic rings. The number of aliphatic carboxylic acids is 1. The van der Waals surface area contributed by atoms with Gasteiger partial charge in [-0.2, -0.15) is 0 Å². The quantitative estimate of drug-likeness (QED) is 0.567. The molecule has 0 atom stereocenters. The van der Waals surface area contributed by atoms with E-state index in [-0.39, 0.29) is 6.61 Å². The van der Waals surface area contributed by atoms with E-state index in [1.807, 2.05) is 0 Å². The number of hydrogen-bond donors (Lipinski definition) is 1. The molecule has 0 fully saturated rings. The topological polar surface area (TPSA) is 63.6 Å². The molecule has 68 valence electrons. The second kappa shape index (κ2) is 5.00. The largest absolute Gasteiger partial charge is 0.477 e. The van der Waals surface area contributed by atoms with Gasteiger partial charge in [-0.05, 0) is 6.92 Å². The van der Waals surface area contributed by atoms with Crippen LogP contribution in [0.3, 0.4) is 0 Å². The van der Waals surface area contributed by atoms with Crippen molar-refractivity contribution in [1.29, 1.82) is 0 Å². The fourth-order valence-electron chi connectivity index (χ4n) is 0.378. The Hall–Kier alpha value is -0.740. The zero-order chi connectivity index (χ0) is 9.72. The van der Waals surface area contributed by atoms with Gasteiger partial charge in [0.1, 0.15) is 0 Å². The number of carboxylic acid groups (broad SMARTS) is 1. The Balaban J connectivity index is 4.55. The Morgan fingerprint density at radius 2 is 1.83 bits per heavy atom. The van der Waals surface area contributed by atoms with Gasteiger partial charge in [0, 0.05) is 0 Å². The number of rotatable bonds is 3.